The van der Waals surface area contributed by atoms with Gasteiger partial charge in [-0.05, 0) is 32.1 Å². The highest BCUT2D eigenvalue weighted by Crippen LogP contribution is 2.17. The van der Waals surface area contributed by atoms with Crippen LogP contribution in [0.1, 0.15) is 25.0 Å². The number of hydrogen-bond donors (Lipinski definition) is 1. The van der Waals surface area contributed by atoms with Crippen molar-refractivity contribution in [3.05, 3.63) is 24.2 Å². The summed E-state index contributed by atoms with van der Waals surface area (Å²) >= 11 is 0. The summed E-state index contributed by atoms with van der Waals surface area (Å²) in [6, 6.07) is 3.96. The van der Waals surface area contributed by atoms with Gasteiger partial charge in [-0.3, -0.25) is 0 Å². The zero-order valence-electron chi connectivity index (χ0n) is 7.13. The van der Waals surface area contributed by atoms with E-state index in [2.05, 4.69) is 12.2 Å². The third kappa shape index (κ3) is 2.39. The predicted molar refractivity (Wildman–Crippen MR) is 45.7 cm³/mol. The normalized spacial score (nSPS) is 13.3. The molecule has 0 radical (unpaired) electrons. The summed E-state index contributed by atoms with van der Waals surface area (Å²) < 4.78 is 5.26. The zero-order chi connectivity index (χ0) is 8.10. The highest BCUT2D eigenvalue weighted by molar-refractivity contribution is 5.03. The van der Waals surface area contributed by atoms with Gasteiger partial charge in [0.15, 0.2) is 0 Å². The van der Waals surface area contributed by atoms with Crippen LogP contribution >= 0.6 is 0 Å². The van der Waals surface area contributed by atoms with Gasteiger partial charge in [-0.1, -0.05) is 6.92 Å². The summed E-state index contributed by atoms with van der Waals surface area (Å²) in [5, 5.41) is 3.12. The number of rotatable bonds is 4. The van der Waals surface area contributed by atoms with Crippen LogP contribution in [-0.4, -0.2) is 13.6 Å². The summed E-state index contributed by atoms with van der Waals surface area (Å²) in [7, 11) is 1.97. The average molecular weight is 153 g/mol. The molecule has 1 N–H and O–H groups in total. The fourth-order valence-corrected chi connectivity index (χ4v) is 1.07. The van der Waals surface area contributed by atoms with Crippen LogP contribution < -0.4 is 5.32 Å². The fraction of sp³-hybridized carbons (Fsp3) is 0.556. The molecule has 1 heterocycles. The van der Waals surface area contributed by atoms with Crippen molar-refractivity contribution in [2.24, 2.45) is 0 Å². The minimum Gasteiger partial charge on any atom is -0.469 e. The summed E-state index contributed by atoms with van der Waals surface area (Å²) in [6.07, 6.45) is 2.86. The van der Waals surface area contributed by atoms with E-state index >= 15 is 0 Å². The highest BCUT2D eigenvalue weighted by Gasteiger charge is 2.06. The van der Waals surface area contributed by atoms with Gasteiger partial charge in [-0.25, -0.2) is 0 Å². The molecule has 1 aromatic rings. The van der Waals surface area contributed by atoms with E-state index in [9.17, 15) is 0 Å². The molecular formula is C9H15NO. The Bertz CT molecular complexity index is 181. The lowest BCUT2D eigenvalue weighted by Crippen LogP contribution is -2.10. The third-order valence-corrected chi connectivity index (χ3v) is 1.86. The lowest BCUT2D eigenvalue weighted by Gasteiger charge is -2.06. The Labute approximate surface area is 67.6 Å². The summed E-state index contributed by atoms with van der Waals surface area (Å²) in [4.78, 5) is 0. The lowest BCUT2D eigenvalue weighted by molar-refractivity contribution is 0.458. The average Bonchev–Trinajstić information content (AvgIpc) is 2.52. The second-order valence-corrected chi connectivity index (χ2v) is 2.81. The maximum absolute atomic E-state index is 5.26. The van der Waals surface area contributed by atoms with Gasteiger partial charge in [0.05, 0.1) is 6.26 Å². The molecule has 0 amide bonds. The van der Waals surface area contributed by atoms with Gasteiger partial charge < -0.3 is 9.73 Å². The van der Waals surface area contributed by atoms with Crippen LogP contribution in [-0.2, 0) is 0 Å². The fourth-order valence-electron chi connectivity index (χ4n) is 1.07. The molecule has 0 aromatic carbocycles. The number of hydrogen-bond acceptors (Lipinski definition) is 2. The first kappa shape index (κ1) is 8.34. The molecule has 1 rings (SSSR count). The molecule has 0 fully saturated rings. The van der Waals surface area contributed by atoms with E-state index in [0.29, 0.717) is 5.92 Å². The monoisotopic (exact) mass is 153 g/mol. The van der Waals surface area contributed by atoms with E-state index in [4.69, 9.17) is 4.42 Å². The minimum absolute atomic E-state index is 0.525. The Hall–Kier alpha value is -0.760. The molecular weight excluding hydrogens is 138 g/mol. The lowest BCUT2D eigenvalue weighted by atomic mass is 10.1. The molecule has 0 aliphatic rings. The molecule has 0 spiro atoms. The van der Waals surface area contributed by atoms with Crippen molar-refractivity contribution < 1.29 is 4.42 Å². The summed E-state index contributed by atoms with van der Waals surface area (Å²) in [5.74, 6) is 1.61. The van der Waals surface area contributed by atoms with Crippen molar-refractivity contribution in [2.45, 2.75) is 19.3 Å². The molecule has 2 nitrogen and oxygen atoms in total. The zero-order valence-corrected chi connectivity index (χ0v) is 7.13. The van der Waals surface area contributed by atoms with Crippen molar-refractivity contribution >= 4 is 0 Å². The minimum atomic E-state index is 0.525. The molecule has 0 aliphatic carbocycles. The Kier molecular flexibility index (Phi) is 3.17. The van der Waals surface area contributed by atoms with E-state index < -0.39 is 0 Å². The summed E-state index contributed by atoms with van der Waals surface area (Å²) in [6.45, 7) is 3.22. The smallest absolute Gasteiger partial charge is 0.106 e. The van der Waals surface area contributed by atoms with Gasteiger partial charge in [0, 0.05) is 5.92 Å². The summed E-state index contributed by atoms with van der Waals surface area (Å²) in [5.41, 5.74) is 0. The van der Waals surface area contributed by atoms with Gasteiger partial charge in [-0.15, -0.1) is 0 Å². The molecule has 2 heteroatoms. The first-order valence-corrected chi connectivity index (χ1v) is 4.02. The SMILES string of the molecule is CNCCC(C)c1ccco1. The third-order valence-electron chi connectivity index (χ3n) is 1.86. The van der Waals surface area contributed by atoms with Crippen LogP contribution in [0, 0.1) is 0 Å². The largest absolute Gasteiger partial charge is 0.469 e. The van der Waals surface area contributed by atoms with Gasteiger partial charge >= 0.3 is 0 Å². The molecule has 1 atom stereocenters. The molecule has 0 saturated heterocycles. The van der Waals surface area contributed by atoms with Gasteiger partial charge in [0.1, 0.15) is 5.76 Å². The Morgan fingerprint density at radius 2 is 2.45 bits per heavy atom. The van der Waals surface area contributed by atoms with Crippen LogP contribution in [0.2, 0.25) is 0 Å². The molecule has 0 saturated carbocycles. The van der Waals surface area contributed by atoms with Crippen molar-refractivity contribution in [3.8, 4) is 0 Å². The van der Waals surface area contributed by atoms with E-state index in [1.165, 1.54) is 0 Å². The highest BCUT2D eigenvalue weighted by atomic mass is 16.3. The van der Waals surface area contributed by atoms with Crippen LogP contribution in [0.25, 0.3) is 0 Å². The van der Waals surface area contributed by atoms with E-state index in [-0.39, 0.29) is 0 Å². The quantitative estimate of drug-likeness (QED) is 0.715. The van der Waals surface area contributed by atoms with Gasteiger partial charge in [0.25, 0.3) is 0 Å². The molecule has 62 valence electrons. The van der Waals surface area contributed by atoms with E-state index in [1.54, 1.807) is 6.26 Å². The molecule has 1 aromatic heterocycles. The second kappa shape index (κ2) is 4.19. The van der Waals surface area contributed by atoms with Crippen molar-refractivity contribution in [1.29, 1.82) is 0 Å². The number of furan rings is 1. The Morgan fingerprint density at radius 3 is 3.00 bits per heavy atom. The van der Waals surface area contributed by atoms with Crippen LogP contribution in [0.15, 0.2) is 22.8 Å². The first-order chi connectivity index (χ1) is 5.34. The van der Waals surface area contributed by atoms with Crippen LogP contribution in [0.5, 0.6) is 0 Å². The van der Waals surface area contributed by atoms with E-state index in [1.807, 2.05) is 19.2 Å². The standard InChI is InChI=1S/C9H15NO/c1-8(5-6-10-2)9-4-3-7-11-9/h3-4,7-8,10H,5-6H2,1-2H3. The van der Waals surface area contributed by atoms with Crippen molar-refractivity contribution in [3.63, 3.8) is 0 Å². The Morgan fingerprint density at radius 1 is 1.64 bits per heavy atom. The Balaban J connectivity index is 2.36. The molecule has 0 aliphatic heterocycles. The maximum Gasteiger partial charge on any atom is 0.106 e. The van der Waals surface area contributed by atoms with E-state index in [0.717, 1.165) is 18.7 Å². The van der Waals surface area contributed by atoms with Crippen LogP contribution in [0.3, 0.4) is 0 Å². The topological polar surface area (TPSA) is 25.2 Å². The predicted octanol–water partition coefficient (Wildman–Crippen LogP) is 1.99. The van der Waals surface area contributed by atoms with Crippen molar-refractivity contribution in [2.75, 3.05) is 13.6 Å². The second-order valence-electron chi connectivity index (χ2n) is 2.81. The maximum atomic E-state index is 5.26. The first-order valence-electron chi connectivity index (χ1n) is 4.02. The molecule has 1 unspecified atom stereocenters. The van der Waals surface area contributed by atoms with Crippen molar-refractivity contribution in [1.82, 2.24) is 5.32 Å². The molecule has 0 bridgehead atoms. The molecule has 11 heavy (non-hydrogen) atoms. The number of nitrogens with one attached hydrogen (secondary N) is 1. The van der Waals surface area contributed by atoms with Gasteiger partial charge in [0.2, 0.25) is 0 Å². The van der Waals surface area contributed by atoms with Gasteiger partial charge in [-0.2, -0.15) is 0 Å². The van der Waals surface area contributed by atoms with Crippen LogP contribution in [0.4, 0.5) is 0 Å².